The molecule has 90 valence electrons. The highest BCUT2D eigenvalue weighted by Crippen LogP contribution is 2.20. The fraction of sp³-hybridized carbons (Fsp3) is 0.769. The van der Waals surface area contributed by atoms with Crippen LogP contribution in [0.25, 0.3) is 0 Å². The lowest BCUT2D eigenvalue weighted by molar-refractivity contribution is -0.125. The van der Waals surface area contributed by atoms with Gasteiger partial charge in [-0.1, -0.05) is 31.4 Å². The van der Waals surface area contributed by atoms with Crippen LogP contribution >= 0.6 is 0 Å². The van der Waals surface area contributed by atoms with E-state index in [1.165, 1.54) is 19.3 Å². The summed E-state index contributed by atoms with van der Waals surface area (Å²) in [5.74, 6) is 0.364. The minimum atomic E-state index is 0.154. The van der Waals surface area contributed by atoms with Crippen LogP contribution in [0.5, 0.6) is 0 Å². The largest absolute Gasteiger partial charge is 0.352 e. The lowest BCUT2D eigenvalue weighted by Gasteiger charge is -2.24. The predicted octanol–water partition coefficient (Wildman–Crippen LogP) is 1.73. The van der Waals surface area contributed by atoms with Gasteiger partial charge in [0.2, 0.25) is 5.91 Å². The fourth-order valence-corrected chi connectivity index (χ4v) is 2.65. The van der Waals surface area contributed by atoms with E-state index in [4.69, 9.17) is 5.73 Å². The minimum absolute atomic E-state index is 0.154. The number of amides is 1. The van der Waals surface area contributed by atoms with Gasteiger partial charge in [0, 0.05) is 18.0 Å². The smallest absolute Gasteiger partial charge is 0.224 e. The van der Waals surface area contributed by atoms with Crippen LogP contribution in [0, 0.1) is 5.92 Å². The molecule has 0 aromatic carbocycles. The lowest BCUT2D eigenvalue weighted by Crippen LogP contribution is -2.48. The van der Waals surface area contributed by atoms with Crippen molar-refractivity contribution in [3.05, 3.63) is 12.2 Å². The first-order chi connectivity index (χ1) is 7.77. The summed E-state index contributed by atoms with van der Waals surface area (Å²) >= 11 is 0. The monoisotopic (exact) mass is 222 g/mol. The van der Waals surface area contributed by atoms with Gasteiger partial charge in [0.05, 0.1) is 0 Å². The molecule has 3 heteroatoms. The van der Waals surface area contributed by atoms with Gasteiger partial charge < -0.3 is 11.1 Å². The van der Waals surface area contributed by atoms with Gasteiger partial charge in [0.15, 0.2) is 0 Å². The summed E-state index contributed by atoms with van der Waals surface area (Å²) < 4.78 is 0. The molecule has 0 bridgehead atoms. The number of carbonyl (C=O) groups is 1. The third-order valence-corrected chi connectivity index (χ3v) is 3.78. The van der Waals surface area contributed by atoms with Crippen molar-refractivity contribution in [1.29, 1.82) is 0 Å². The average molecular weight is 222 g/mol. The Morgan fingerprint density at radius 1 is 1.12 bits per heavy atom. The molecule has 0 aromatic heterocycles. The number of hydrogen-bond acceptors (Lipinski definition) is 2. The number of rotatable bonds is 2. The molecule has 0 spiro atoms. The topological polar surface area (TPSA) is 55.1 Å². The van der Waals surface area contributed by atoms with Crippen LogP contribution < -0.4 is 11.1 Å². The van der Waals surface area contributed by atoms with Crippen LogP contribution in [0.1, 0.15) is 44.9 Å². The summed E-state index contributed by atoms with van der Waals surface area (Å²) in [6.45, 7) is 0. The minimum Gasteiger partial charge on any atom is -0.352 e. The van der Waals surface area contributed by atoms with Gasteiger partial charge in [0.1, 0.15) is 0 Å². The zero-order chi connectivity index (χ0) is 11.4. The molecule has 2 aliphatic carbocycles. The summed E-state index contributed by atoms with van der Waals surface area (Å²) in [6.07, 6.45) is 11.7. The molecule has 2 atom stereocenters. The van der Waals surface area contributed by atoms with E-state index in [0.717, 1.165) is 25.7 Å². The highest BCUT2D eigenvalue weighted by atomic mass is 16.1. The molecule has 2 rings (SSSR count). The van der Waals surface area contributed by atoms with Crippen molar-refractivity contribution < 1.29 is 4.79 Å². The van der Waals surface area contributed by atoms with Gasteiger partial charge in [0.25, 0.3) is 0 Å². The van der Waals surface area contributed by atoms with Gasteiger partial charge in [-0.3, -0.25) is 4.79 Å². The molecule has 0 aliphatic heterocycles. The first kappa shape index (κ1) is 11.6. The van der Waals surface area contributed by atoms with Crippen molar-refractivity contribution in [1.82, 2.24) is 5.32 Å². The van der Waals surface area contributed by atoms with Gasteiger partial charge in [-0.2, -0.15) is 0 Å². The van der Waals surface area contributed by atoms with Crippen LogP contribution in [0.4, 0.5) is 0 Å². The van der Waals surface area contributed by atoms with Crippen LogP contribution in [-0.4, -0.2) is 18.0 Å². The normalized spacial score (nSPS) is 31.3. The Balaban J connectivity index is 1.84. The number of hydrogen-bond donors (Lipinski definition) is 2. The summed E-state index contributed by atoms with van der Waals surface area (Å²) in [4.78, 5) is 12.0. The molecule has 1 saturated carbocycles. The second-order valence-corrected chi connectivity index (χ2v) is 5.06. The Kier molecular flexibility index (Phi) is 3.99. The summed E-state index contributed by atoms with van der Waals surface area (Å²) in [6, 6.07) is 0.358. The number of allylic oxidation sites excluding steroid dienone is 2. The molecule has 0 heterocycles. The van der Waals surface area contributed by atoms with Crippen molar-refractivity contribution in [2.45, 2.75) is 57.0 Å². The SMILES string of the molecule is NC1CCCCCC1NC(=O)C1CC=CC1. The van der Waals surface area contributed by atoms with Crippen LogP contribution in [0.2, 0.25) is 0 Å². The van der Waals surface area contributed by atoms with Gasteiger partial charge in [-0.15, -0.1) is 0 Å². The Bertz CT molecular complexity index is 267. The maximum atomic E-state index is 12.0. The van der Waals surface area contributed by atoms with Crippen molar-refractivity contribution in [3.63, 3.8) is 0 Å². The molecule has 1 fully saturated rings. The van der Waals surface area contributed by atoms with Crippen molar-refractivity contribution in [3.8, 4) is 0 Å². The van der Waals surface area contributed by atoms with E-state index < -0.39 is 0 Å². The Morgan fingerprint density at radius 2 is 1.81 bits per heavy atom. The first-order valence-corrected chi connectivity index (χ1v) is 6.48. The molecule has 2 unspecified atom stereocenters. The molecule has 16 heavy (non-hydrogen) atoms. The molecule has 0 saturated heterocycles. The third kappa shape index (κ3) is 2.85. The summed E-state index contributed by atoms with van der Waals surface area (Å²) in [5, 5.41) is 3.15. The molecule has 1 amide bonds. The number of nitrogens with two attached hydrogens (primary N) is 1. The molecule has 0 aromatic rings. The molecule has 0 radical (unpaired) electrons. The second-order valence-electron chi connectivity index (χ2n) is 5.06. The first-order valence-electron chi connectivity index (χ1n) is 6.48. The third-order valence-electron chi connectivity index (χ3n) is 3.78. The van der Waals surface area contributed by atoms with E-state index in [-0.39, 0.29) is 23.9 Å². The van der Waals surface area contributed by atoms with E-state index >= 15 is 0 Å². The molecule has 3 N–H and O–H groups in total. The van der Waals surface area contributed by atoms with Crippen LogP contribution in [0.15, 0.2) is 12.2 Å². The van der Waals surface area contributed by atoms with Crippen LogP contribution in [-0.2, 0) is 4.79 Å². The highest BCUT2D eigenvalue weighted by Gasteiger charge is 2.26. The Morgan fingerprint density at radius 3 is 2.56 bits per heavy atom. The standard InChI is InChI=1S/C13H22N2O/c14-11-8-2-1-3-9-12(11)15-13(16)10-6-4-5-7-10/h4-5,10-12H,1-3,6-9,14H2,(H,15,16). The lowest BCUT2D eigenvalue weighted by atomic mass is 10.0. The van der Waals surface area contributed by atoms with Gasteiger partial charge in [-0.05, 0) is 25.7 Å². The maximum Gasteiger partial charge on any atom is 0.224 e. The Labute approximate surface area is 97.5 Å². The second kappa shape index (κ2) is 5.48. The van der Waals surface area contributed by atoms with Gasteiger partial charge >= 0.3 is 0 Å². The fourth-order valence-electron chi connectivity index (χ4n) is 2.65. The average Bonchev–Trinajstić information content (AvgIpc) is 2.73. The molecule has 3 nitrogen and oxygen atoms in total. The zero-order valence-electron chi connectivity index (χ0n) is 9.82. The summed E-state index contributed by atoms with van der Waals surface area (Å²) in [5.41, 5.74) is 6.10. The molecular weight excluding hydrogens is 200 g/mol. The quantitative estimate of drug-likeness (QED) is 0.552. The van der Waals surface area contributed by atoms with Crippen molar-refractivity contribution in [2.75, 3.05) is 0 Å². The highest BCUT2D eigenvalue weighted by molar-refractivity contribution is 5.79. The van der Waals surface area contributed by atoms with E-state index in [0.29, 0.717) is 0 Å². The van der Waals surface area contributed by atoms with Gasteiger partial charge in [-0.25, -0.2) is 0 Å². The van der Waals surface area contributed by atoms with Crippen molar-refractivity contribution >= 4 is 5.91 Å². The zero-order valence-corrected chi connectivity index (χ0v) is 9.82. The predicted molar refractivity (Wildman–Crippen MR) is 64.9 cm³/mol. The van der Waals surface area contributed by atoms with E-state index in [2.05, 4.69) is 17.5 Å². The number of carbonyl (C=O) groups excluding carboxylic acids is 1. The molecule has 2 aliphatic rings. The van der Waals surface area contributed by atoms with Crippen LogP contribution in [0.3, 0.4) is 0 Å². The maximum absolute atomic E-state index is 12.0. The molecular formula is C13H22N2O. The summed E-state index contributed by atoms with van der Waals surface area (Å²) in [7, 11) is 0. The number of nitrogens with one attached hydrogen (secondary N) is 1. The van der Waals surface area contributed by atoms with E-state index in [9.17, 15) is 4.79 Å². The Hall–Kier alpha value is -0.830. The van der Waals surface area contributed by atoms with E-state index in [1.807, 2.05) is 0 Å². The van der Waals surface area contributed by atoms with E-state index in [1.54, 1.807) is 0 Å². The van der Waals surface area contributed by atoms with Crippen molar-refractivity contribution in [2.24, 2.45) is 11.7 Å².